The van der Waals surface area contributed by atoms with E-state index in [-0.39, 0.29) is 10.5 Å². The highest BCUT2D eigenvalue weighted by Crippen LogP contribution is 2.35. The third kappa shape index (κ3) is 4.41. The van der Waals surface area contributed by atoms with Gasteiger partial charge in [-0.3, -0.25) is 0 Å². The van der Waals surface area contributed by atoms with Gasteiger partial charge in [-0.05, 0) is 0 Å². The maximum Gasteiger partial charge on any atom is 0.427 e. The molecular formula is C13H16F3N3S2. The van der Waals surface area contributed by atoms with Crippen LogP contribution in [0.2, 0.25) is 0 Å². The van der Waals surface area contributed by atoms with Crippen LogP contribution in [0.1, 0.15) is 36.3 Å². The van der Waals surface area contributed by atoms with Crippen LogP contribution in [0.15, 0.2) is 11.6 Å². The van der Waals surface area contributed by atoms with E-state index in [0.29, 0.717) is 24.3 Å². The van der Waals surface area contributed by atoms with Gasteiger partial charge in [0.2, 0.25) is 0 Å². The first kappa shape index (κ1) is 16.2. The molecule has 0 saturated heterocycles. The molecule has 0 bridgehead atoms. The van der Waals surface area contributed by atoms with Crippen LogP contribution in [0.4, 0.5) is 18.3 Å². The second-order valence-corrected chi connectivity index (χ2v) is 7.55. The molecule has 3 nitrogen and oxygen atoms in total. The molecule has 0 fully saturated rings. The van der Waals surface area contributed by atoms with Crippen LogP contribution in [0, 0.1) is 0 Å². The van der Waals surface area contributed by atoms with Crippen molar-refractivity contribution >= 4 is 27.8 Å². The lowest BCUT2D eigenvalue weighted by molar-refractivity contribution is -0.134. The van der Waals surface area contributed by atoms with Crippen molar-refractivity contribution in [2.75, 3.05) is 11.9 Å². The number of alkyl halides is 3. The van der Waals surface area contributed by atoms with Crippen molar-refractivity contribution in [3.8, 4) is 0 Å². The Balaban J connectivity index is 1.87. The summed E-state index contributed by atoms with van der Waals surface area (Å²) in [5.41, 5.74) is 1.05. The highest BCUT2D eigenvalue weighted by atomic mass is 32.1. The maximum absolute atomic E-state index is 12.4. The van der Waals surface area contributed by atoms with Crippen molar-refractivity contribution in [3.63, 3.8) is 0 Å². The first-order valence-electron chi connectivity index (χ1n) is 6.38. The van der Waals surface area contributed by atoms with E-state index in [1.165, 1.54) is 0 Å². The van der Waals surface area contributed by atoms with E-state index in [1.54, 1.807) is 11.3 Å². The molecule has 0 unspecified atom stereocenters. The third-order valence-corrected chi connectivity index (χ3v) is 4.63. The van der Waals surface area contributed by atoms with Crippen LogP contribution in [0.25, 0.3) is 0 Å². The zero-order valence-corrected chi connectivity index (χ0v) is 13.5. The van der Waals surface area contributed by atoms with Gasteiger partial charge in [0.1, 0.15) is 4.88 Å². The summed E-state index contributed by atoms with van der Waals surface area (Å²) in [7, 11) is 0. The van der Waals surface area contributed by atoms with Gasteiger partial charge >= 0.3 is 6.18 Å². The summed E-state index contributed by atoms with van der Waals surface area (Å²) in [6, 6.07) is 0. The Morgan fingerprint density at radius 3 is 2.48 bits per heavy atom. The number of aromatic nitrogens is 2. The molecule has 0 radical (unpaired) electrons. The molecule has 2 rings (SSSR count). The molecule has 0 amide bonds. The summed E-state index contributed by atoms with van der Waals surface area (Å²) >= 11 is 2.19. The van der Waals surface area contributed by atoms with E-state index in [2.05, 4.69) is 36.1 Å². The van der Waals surface area contributed by atoms with E-state index in [0.717, 1.165) is 16.9 Å². The summed E-state index contributed by atoms with van der Waals surface area (Å²) in [5.74, 6) is 0. The summed E-state index contributed by atoms with van der Waals surface area (Å²) in [6.45, 7) is 6.80. The summed E-state index contributed by atoms with van der Waals surface area (Å²) in [6.07, 6.45) is -2.80. The van der Waals surface area contributed by atoms with Crippen LogP contribution in [0.3, 0.4) is 0 Å². The molecular weight excluding hydrogens is 319 g/mol. The van der Waals surface area contributed by atoms with Crippen molar-refractivity contribution in [2.24, 2.45) is 0 Å². The minimum absolute atomic E-state index is 0.0130. The first-order chi connectivity index (χ1) is 9.66. The van der Waals surface area contributed by atoms with Gasteiger partial charge < -0.3 is 5.32 Å². The van der Waals surface area contributed by atoms with Gasteiger partial charge in [0.25, 0.3) is 0 Å². The fourth-order valence-electron chi connectivity index (χ4n) is 1.53. The summed E-state index contributed by atoms with van der Waals surface area (Å²) < 4.78 is 37.3. The van der Waals surface area contributed by atoms with Gasteiger partial charge in [-0.1, -0.05) is 32.1 Å². The lowest BCUT2D eigenvalue weighted by Gasteiger charge is -2.14. The molecule has 0 aliphatic heterocycles. The highest BCUT2D eigenvalue weighted by Gasteiger charge is 2.33. The first-order valence-corrected chi connectivity index (χ1v) is 8.07. The predicted molar refractivity (Wildman–Crippen MR) is 80.1 cm³/mol. The van der Waals surface area contributed by atoms with Crippen LogP contribution in [0.5, 0.6) is 0 Å². The van der Waals surface area contributed by atoms with Gasteiger partial charge in [-0.2, -0.15) is 13.2 Å². The molecule has 0 atom stereocenters. The predicted octanol–water partition coefficient (Wildman–Crippen LogP) is 4.57. The fourth-order valence-corrected chi connectivity index (χ4v) is 3.27. The van der Waals surface area contributed by atoms with Crippen molar-refractivity contribution in [1.29, 1.82) is 0 Å². The Morgan fingerprint density at radius 2 is 1.95 bits per heavy atom. The van der Waals surface area contributed by atoms with E-state index < -0.39 is 11.1 Å². The number of thiazole rings is 2. The Bertz CT molecular complexity index is 544. The molecule has 1 N–H and O–H groups in total. The monoisotopic (exact) mass is 335 g/mol. The number of rotatable bonds is 4. The normalized spacial score (nSPS) is 12.7. The van der Waals surface area contributed by atoms with E-state index in [9.17, 15) is 13.2 Å². The van der Waals surface area contributed by atoms with Crippen LogP contribution < -0.4 is 5.32 Å². The average molecular weight is 335 g/mol. The second kappa shape index (κ2) is 5.92. The fraction of sp³-hybridized carbons (Fsp3) is 0.538. The Labute approximate surface area is 129 Å². The van der Waals surface area contributed by atoms with Gasteiger partial charge in [0.05, 0.1) is 16.9 Å². The molecule has 2 aromatic rings. The van der Waals surface area contributed by atoms with E-state index >= 15 is 0 Å². The minimum atomic E-state index is -4.32. The largest absolute Gasteiger partial charge is 0.427 e. The molecule has 0 spiro atoms. The van der Waals surface area contributed by atoms with Crippen LogP contribution in [-0.4, -0.2) is 16.5 Å². The molecule has 116 valence electrons. The molecule has 0 aliphatic carbocycles. The third-order valence-electron chi connectivity index (χ3n) is 2.72. The van der Waals surface area contributed by atoms with Crippen molar-refractivity contribution in [3.05, 3.63) is 27.2 Å². The van der Waals surface area contributed by atoms with E-state index in [1.807, 2.05) is 5.38 Å². The number of halogens is 3. The second-order valence-electron chi connectivity index (χ2n) is 5.58. The highest BCUT2D eigenvalue weighted by molar-refractivity contribution is 7.15. The Kier molecular flexibility index (Phi) is 4.57. The topological polar surface area (TPSA) is 37.8 Å². The molecule has 0 saturated carbocycles. The lowest BCUT2D eigenvalue weighted by atomic mass is 9.93. The maximum atomic E-state index is 12.4. The SMILES string of the molecule is CC(C)(C)c1csc(CCNc2ncc(C(F)(F)F)s2)n1. The van der Waals surface area contributed by atoms with Crippen molar-refractivity contribution in [1.82, 2.24) is 9.97 Å². The van der Waals surface area contributed by atoms with Crippen molar-refractivity contribution in [2.45, 2.75) is 38.8 Å². The smallest absolute Gasteiger partial charge is 0.361 e. The Hall–Kier alpha value is -1.15. The van der Waals surface area contributed by atoms with Crippen LogP contribution >= 0.6 is 22.7 Å². The minimum Gasteiger partial charge on any atom is -0.361 e. The van der Waals surface area contributed by atoms with Gasteiger partial charge in [-0.25, -0.2) is 9.97 Å². The molecule has 0 aliphatic rings. The number of anilines is 1. The van der Waals surface area contributed by atoms with Crippen molar-refractivity contribution < 1.29 is 13.2 Å². The zero-order valence-electron chi connectivity index (χ0n) is 11.9. The molecule has 0 aromatic carbocycles. The quantitative estimate of drug-likeness (QED) is 0.889. The van der Waals surface area contributed by atoms with E-state index in [4.69, 9.17) is 0 Å². The Morgan fingerprint density at radius 1 is 1.24 bits per heavy atom. The molecule has 21 heavy (non-hydrogen) atoms. The van der Waals surface area contributed by atoms with Gasteiger partial charge in [-0.15, -0.1) is 11.3 Å². The zero-order chi connectivity index (χ0) is 15.7. The van der Waals surface area contributed by atoms with Gasteiger partial charge in [0.15, 0.2) is 5.13 Å². The number of hydrogen-bond acceptors (Lipinski definition) is 5. The number of nitrogens with one attached hydrogen (secondary N) is 1. The molecule has 2 heterocycles. The van der Waals surface area contributed by atoms with Crippen LogP contribution in [-0.2, 0) is 18.0 Å². The summed E-state index contributed by atoms with van der Waals surface area (Å²) in [4.78, 5) is 7.58. The number of nitrogens with zero attached hydrogens (tertiary/aromatic N) is 2. The molecule has 2 aromatic heterocycles. The standard InChI is InChI=1S/C13H16F3N3S2/c1-12(2,3)8-7-20-10(19-8)4-5-17-11-18-6-9(21-11)13(14,15)16/h6-7H,4-5H2,1-3H3,(H,17,18). The summed E-state index contributed by atoms with van der Waals surface area (Å²) in [5, 5.41) is 6.20. The lowest BCUT2D eigenvalue weighted by Crippen LogP contribution is -2.12. The average Bonchev–Trinajstić information content (AvgIpc) is 2.95. The van der Waals surface area contributed by atoms with Gasteiger partial charge in [0, 0.05) is 23.8 Å². The molecule has 8 heteroatoms. The number of hydrogen-bond donors (Lipinski definition) is 1.